The van der Waals surface area contributed by atoms with Gasteiger partial charge in [-0.25, -0.2) is 0 Å². The highest BCUT2D eigenvalue weighted by Gasteiger charge is 1.98. The van der Waals surface area contributed by atoms with Crippen molar-refractivity contribution < 1.29 is 4.79 Å². The predicted octanol–water partition coefficient (Wildman–Crippen LogP) is 2.50. The van der Waals surface area contributed by atoms with E-state index >= 15 is 0 Å². The van der Waals surface area contributed by atoms with Crippen molar-refractivity contribution in [3.8, 4) is 0 Å². The van der Waals surface area contributed by atoms with E-state index in [1.165, 1.54) is 22.3 Å². The third kappa shape index (κ3) is 3.20. The van der Waals surface area contributed by atoms with Crippen LogP contribution in [0, 0.1) is 0 Å². The summed E-state index contributed by atoms with van der Waals surface area (Å²) in [5.41, 5.74) is 0. The van der Waals surface area contributed by atoms with Gasteiger partial charge in [0, 0.05) is 25.0 Å². The zero-order valence-corrected chi connectivity index (χ0v) is 9.02. The maximum Gasteiger partial charge on any atom is 0.246 e. The summed E-state index contributed by atoms with van der Waals surface area (Å²) in [6.45, 7) is 0. The normalized spacial score (nSPS) is 10.7. The summed E-state index contributed by atoms with van der Waals surface area (Å²) in [5.74, 6) is -0.0236. The first-order valence-corrected chi connectivity index (χ1v) is 4.94. The van der Waals surface area contributed by atoms with Crippen LogP contribution in [-0.2, 0) is 4.79 Å². The lowest BCUT2D eigenvalue weighted by atomic mass is 10.4. The van der Waals surface area contributed by atoms with E-state index in [1.54, 1.807) is 20.2 Å². The second-order valence-electron chi connectivity index (χ2n) is 2.71. The molecule has 1 heterocycles. The zero-order valence-electron chi connectivity index (χ0n) is 7.45. The van der Waals surface area contributed by atoms with Gasteiger partial charge in [-0.2, -0.15) is 0 Å². The summed E-state index contributed by atoms with van der Waals surface area (Å²) in [5, 5.41) is 0. The Morgan fingerprint density at radius 3 is 2.69 bits per heavy atom. The Hall–Kier alpha value is -0.800. The number of halogens is 1. The van der Waals surface area contributed by atoms with E-state index in [2.05, 4.69) is 0 Å². The van der Waals surface area contributed by atoms with Gasteiger partial charge in [0.25, 0.3) is 0 Å². The minimum absolute atomic E-state index is 0.0236. The predicted molar refractivity (Wildman–Crippen MR) is 57.1 cm³/mol. The average molecular weight is 216 g/mol. The van der Waals surface area contributed by atoms with Crippen molar-refractivity contribution in [3.05, 3.63) is 27.4 Å². The van der Waals surface area contributed by atoms with Crippen molar-refractivity contribution >= 4 is 34.9 Å². The van der Waals surface area contributed by atoms with E-state index in [0.717, 1.165) is 9.21 Å². The Kier molecular flexibility index (Phi) is 3.51. The highest BCUT2D eigenvalue weighted by molar-refractivity contribution is 7.17. The van der Waals surface area contributed by atoms with Crippen LogP contribution >= 0.6 is 22.9 Å². The molecule has 1 amide bonds. The first kappa shape index (κ1) is 10.3. The van der Waals surface area contributed by atoms with Gasteiger partial charge in [-0.3, -0.25) is 4.79 Å². The molecule has 0 aliphatic carbocycles. The molecule has 1 aromatic heterocycles. The lowest BCUT2D eigenvalue weighted by Crippen LogP contribution is -2.18. The van der Waals surface area contributed by atoms with Crippen LogP contribution in [0.15, 0.2) is 18.2 Å². The maximum atomic E-state index is 11.1. The van der Waals surface area contributed by atoms with Gasteiger partial charge in [-0.1, -0.05) is 11.6 Å². The summed E-state index contributed by atoms with van der Waals surface area (Å²) < 4.78 is 0.733. The third-order valence-corrected chi connectivity index (χ3v) is 2.62. The summed E-state index contributed by atoms with van der Waals surface area (Å²) in [6, 6.07) is 3.69. The van der Waals surface area contributed by atoms with Crippen LogP contribution in [0.5, 0.6) is 0 Å². The minimum Gasteiger partial charge on any atom is -0.345 e. The SMILES string of the molecule is CN(C)C(=O)C=Cc1ccc(Cl)s1. The first-order valence-electron chi connectivity index (χ1n) is 3.74. The second kappa shape index (κ2) is 4.44. The van der Waals surface area contributed by atoms with E-state index in [9.17, 15) is 4.79 Å². The molecule has 0 unspecified atom stereocenters. The van der Waals surface area contributed by atoms with Crippen molar-refractivity contribution in [3.63, 3.8) is 0 Å². The Morgan fingerprint density at radius 1 is 1.54 bits per heavy atom. The molecule has 0 radical (unpaired) electrons. The van der Waals surface area contributed by atoms with Crippen LogP contribution in [0.1, 0.15) is 4.88 Å². The van der Waals surface area contributed by atoms with Gasteiger partial charge in [0.05, 0.1) is 4.34 Å². The molecule has 0 bridgehead atoms. The fraction of sp³-hybridized carbons (Fsp3) is 0.222. The number of carbonyl (C=O) groups is 1. The summed E-state index contributed by atoms with van der Waals surface area (Å²) in [6.07, 6.45) is 3.29. The van der Waals surface area contributed by atoms with Crippen molar-refractivity contribution in [1.29, 1.82) is 0 Å². The van der Waals surface area contributed by atoms with Gasteiger partial charge >= 0.3 is 0 Å². The monoisotopic (exact) mass is 215 g/mol. The lowest BCUT2D eigenvalue weighted by molar-refractivity contribution is -0.123. The molecule has 0 saturated carbocycles. The minimum atomic E-state index is -0.0236. The molecule has 70 valence electrons. The largest absolute Gasteiger partial charge is 0.345 e. The summed E-state index contributed by atoms with van der Waals surface area (Å²) in [4.78, 5) is 13.6. The van der Waals surface area contributed by atoms with Crippen molar-refractivity contribution in [1.82, 2.24) is 4.90 Å². The van der Waals surface area contributed by atoms with Gasteiger partial charge in [-0.05, 0) is 18.2 Å². The molecule has 1 rings (SSSR count). The van der Waals surface area contributed by atoms with Crippen molar-refractivity contribution in [2.75, 3.05) is 14.1 Å². The number of hydrogen-bond acceptors (Lipinski definition) is 2. The molecule has 0 aliphatic rings. The smallest absolute Gasteiger partial charge is 0.246 e. The molecule has 0 saturated heterocycles. The van der Waals surface area contributed by atoms with Crippen molar-refractivity contribution in [2.24, 2.45) is 0 Å². The number of rotatable bonds is 2. The first-order chi connectivity index (χ1) is 6.09. The van der Waals surface area contributed by atoms with Gasteiger partial charge in [0.1, 0.15) is 0 Å². The Labute approximate surface area is 86.4 Å². The number of likely N-dealkylation sites (N-methyl/N-ethyl adjacent to an activating group) is 1. The molecule has 1 aromatic rings. The van der Waals surface area contributed by atoms with Gasteiger partial charge in [-0.15, -0.1) is 11.3 Å². The van der Waals surface area contributed by atoms with Gasteiger partial charge in [0.2, 0.25) is 5.91 Å². The number of thiophene rings is 1. The number of nitrogens with zero attached hydrogens (tertiary/aromatic N) is 1. The molecule has 2 nitrogen and oxygen atoms in total. The number of amides is 1. The molecular weight excluding hydrogens is 206 g/mol. The van der Waals surface area contributed by atoms with E-state index < -0.39 is 0 Å². The third-order valence-electron chi connectivity index (χ3n) is 1.42. The zero-order chi connectivity index (χ0) is 9.84. The van der Waals surface area contributed by atoms with E-state index in [-0.39, 0.29) is 5.91 Å². The second-order valence-corrected chi connectivity index (χ2v) is 4.45. The fourth-order valence-corrected chi connectivity index (χ4v) is 1.68. The van der Waals surface area contributed by atoms with Crippen LogP contribution in [-0.4, -0.2) is 24.9 Å². The summed E-state index contributed by atoms with van der Waals surface area (Å²) >= 11 is 7.18. The highest BCUT2D eigenvalue weighted by Crippen LogP contribution is 2.22. The van der Waals surface area contributed by atoms with E-state index in [4.69, 9.17) is 11.6 Å². The maximum absolute atomic E-state index is 11.1. The molecule has 0 spiro atoms. The fourth-order valence-electron chi connectivity index (χ4n) is 0.720. The van der Waals surface area contributed by atoms with E-state index in [1.807, 2.05) is 12.1 Å². The molecule has 0 aromatic carbocycles. The van der Waals surface area contributed by atoms with Gasteiger partial charge in [0.15, 0.2) is 0 Å². The Bertz CT molecular complexity index is 330. The van der Waals surface area contributed by atoms with Crippen LogP contribution in [0.2, 0.25) is 4.34 Å². The van der Waals surface area contributed by atoms with Crippen LogP contribution < -0.4 is 0 Å². The molecule has 0 N–H and O–H groups in total. The van der Waals surface area contributed by atoms with Crippen molar-refractivity contribution in [2.45, 2.75) is 0 Å². The summed E-state index contributed by atoms with van der Waals surface area (Å²) in [7, 11) is 3.43. The van der Waals surface area contributed by atoms with E-state index in [0.29, 0.717) is 0 Å². The lowest BCUT2D eigenvalue weighted by Gasteiger charge is -2.04. The molecule has 0 atom stereocenters. The molecule has 0 fully saturated rings. The standard InChI is InChI=1S/C9H10ClNOS/c1-11(2)9(12)6-4-7-3-5-8(10)13-7/h3-6H,1-2H3. The molecule has 0 aliphatic heterocycles. The number of carbonyl (C=O) groups excluding carboxylic acids is 1. The van der Waals surface area contributed by atoms with Gasteiger partial charge < -0.3 is 4.90 Å². The van der Waals surface area contributed by atoms with Crippen LogP contribution in [0.25, 0.3) is 6.08 Å². The van der Waals surface area contributed by atoms with Crippen LogP contribution in [0.4, 0.5) is 0 Å². The highest BCUT2D eigenvalue weighted by atomic mass is 35.5. The van der Waals surface area contributed by atoms with Crippen LogP contribution in [0.3, 0.4) is 0 Å². The topological polar surface area (TPSA) is 20.3 Å². The molecule has 13 heavy (non-hydrogen) atoms. The Balaban J connectivity index is 2.64. The Morgan fingerprint density at radius 2 is 2.23 bits per heavy atom. The average Bonchev–Trinajstić information content (AvgIpc) is 2.47. The molecule has 4 heteroatoms. The quantitative estimate of drug-likeness (QED) is 0.695. The molecular formula is C9H10ClNOS. The number of hydrogen-bond donors (Lipinski definition) is 0.